The van der Waals surface area contributed by atoms with Gasteiger partial charge in [-0.05, 0) is 10.6 Å². The molecule has 0 aromatic heterocycles. The highest BCUT2D eigenvalue weighted by Crippen LogP contribution is 2.19. The van der Waals surface area contributed by atoms with Crippen LogP contribution < -0.4 is 5.73 Å². The zero-order chi connectivity index (χ0) is 9.44. The molecule has 0 aliphatic rings. The van der Waals surface area contributed by atoms with Crippen LogP contribution in [0.15, 0.2) is 0 Å². The topological polar surface area (TPSA) is 83.6 Å². The third-order valence-corrected chi connectivity index (χ3v) is 1.59. The van der Waals surface area contributed by atoms with Crippen molar-refractivity contribution in [3.05, 3.63) is 0 Å². The number of hydrogen-bond donors (Lipinski definition) is 3. The second-order valence-corrected chi connectivity index (χ2v) is 3.69. The molecule has 2 atom stereocenters. The molecule has 11 heavy (non-hydrogen) atoms. The molecular formula is C5H14ClNO3P+. The fourth-order valence-electron chi connectivity index (χ4n) is 0.0590. The van der Waals surface area contributed by atoms with E-state index in [0.717, 1.165) is 0 Å². The van der Waals surface area contributed by atoms with E-state index in [4.69, 9.17) is 27.3 Å². The van der Waals surface area contributed by atoms with Gasteiger partial charge in [0.1, 0.15) is 0 Å². The maximum absolute atomic E-state index is 9.74. The maximum atomic E-state index is 9.74. The summed E-state index contributed by atoms with van der Waals surface area (Å²) in [7, 11) is -2.49. The number of hydrogen-bond acceptors (Lipinski definition) is 3. The number of nitrogens with two attached hydrogens (primary N) is 1. The van der Waals surface area contributed by atoms with Gasteiger partial charge in [-0.3, -0.25) is 0 Å². The van der Waals surface area contributed by atoms with Crippen LogP contribution >= 0.6 is 19.6 Å². The lowest BCUT2D eigenvalue weighted by molar-refractivity contribution is 0.259. The number of rotatable bonds is 2. The van der Waals surface area contributed by atoms with Crippen molar-refractivity contribution in [2.75, 3.05) is 5.88 Å². The van der Waals surface area contributed by atoms with Crippen molar-refractivity contribution in [2.24, 2.45) is 5.73 Å². The second kappa shape index (κ2) is 8.37. The summed E-state index contributed by atoms with van der Waals surface area (Å²) in [5.41, 5.74) is 5.11. The first-order valence-electron chi connectivity index (χ1n) is 3.06. The molecule has 68 valence electrons. The zero-order valence-electron chi connectivity index (χ0n) is 6.57. The highest BCUT2D eigenvalue weighted by atomic mass is 35.5. The molecule has 0 amide bonds. The summed E-state index contributed by atoms with van der Waals surface area (Å²) < 4.78 is 9.74. The molecule has 0 fully saturated rings. The van der Waals surface area contributed by atoms with E-state index in [1.165, 1.54) is 0 Å². The monoisotopic (exact) mass is 202 g/mol. The molecule has 0 aliphatic heterocycles. The van der Waals surface area contributed by atoms with Crippen LogP contribution in [0.2, 0.25) is 0 Å². The van der Waals surface area contributed by atoms with Crippen LogP contribution in [0, 0.1) is 0 Å². The third kappa shape index (κ3) is 17.9. The minimum atomic E-state index is -2.49. The van der Waals surface area contributed by atoms with Gasteiger partial charge >= 0.3 is 8.03 Å². The Bertz CT molecular complexity index is 109. The fraction of sp³-hybridized carbons (Fsp3) is 1.00. The minimum absolute atomic E-state index is 0.189. The largest absolute Gasteiger partial charge is 0.538 e. The Morgan fingerprint density at radius 2 is 1.91 bits per heavy atom. The average molecular weight is 203 g/mol. The van der Waals surface area contributed by atoms with Crippen LogP contribution in [-0.4, -0.2) is 27.8 Å². The van der Waals surface area contributed by atoms with E-state index >= 15 is 0 Å². The van der Waals surface area contributed by atoms with Crippen LogP contribution in [0.5, 0.6) is 0 Å². The Kier molecular flexibility index (Phi) is 10.5. The van der Waals surface area contributed by atoms with Gasteiger partial charge in [0.2, 0.25) is 0 Å². The molecule has 0 bridgehead atoms. The molecule has 4 nitrogen and oxygen atoms in total. The van der Waals surface area contributed by atoms with Crippen molar-refractivity contribution in [3.8, 4) is 0 Å². The SMILES string of the molecule is CC(C)N.O=[P+](O)C(O)CCl. The summed E-state index contributed by atoms with van der Waals surface area (Å²) in [5, 5.41) is 8.27. The normalized spacial score (nSPS) is 13.5. The summed E-state index contributed by atoms with van der Waals surface area (Å²) in [5.74, 6) is -1.46. The van der Waals surface area contributed by atoms with E-state index in [1.807, 2.05) is 13.8 Å². The van der Waals surface area contributed by atoms with Crippen LogP contribution in [0.25, 0.3) is 0 Å². The van der Waals surface area contributed by atoms with E-state index in [9.17, 15) is 4.57 Å². The van der Waals surface area contributed by atoms with Gasteiger partial charge in [0.15, 0.2) is 0 Å². The molecular weight excluding hydrogens is 188 g/mol. The fourth-order valence-corrected chi connectivity index (χ4v) is 0.531. The van der Waals surface area contributed by atoms with E-state index in [-0.39, 0.29) is 5.88 Å². The lowest BCUT2D eigenvalue weighted by atomic mass is 10.5. The van der Waals surface area contributed by atoms with Crippen molar-refractivity contribution in [1.82, 2.24) is 0 Å². The number of halogens is 1. The van der Waals surface area contributed by atoms with Gasteiger partial charge in [0.05, 0.1) is 5.88 Å². The highest BCUT2D eigenvalue weighted by molar-refractivity contribution is 7.38. The average Bonchev–Trinajstić information content (AvgIpc) is 1.85. The Labute approximate surface area is 72.2 Å². The van der Waals surface area contributed by atoms with Crippen molar-refractivity contribution in [3.63, 3.8) is 0 Å². The summed E-state index contributed by atoms with van der Waals surface area (Å²) in [4.78, 5) is 8.00. The third-order valence-electron chi connectivity index (χ3n) is 0.393. The van der Waals surface area contributed by atoms with Crippen molar-refractivity contribution >= 4 is 19.6 Å². The maximum Gasteiger partial charge on any atom is 0.538 e. The molecule has 0 aromatic rings. The quantitative estimate of drug-likeness (QED) is 0.453. The zero-order valence-corrected chi connectivity index (χ0v) is 8.22. The van der Waals surface area contributed by atoms with Crippen molar-refractivity contribution < 1.29 is 14.6 Å². The van der Waals surface area contributed by atoms with Crippen LogP contribution in [0.1, 0.15) is 13.8 Å². The highest BCUT2D eigenvalue weighted by Gasteiger charge is 2.23. The van der Waals surface area contributed by atoms with E-state index in [2.05, 4.69) is 0 Å². The molecule has 0 aliphatic carbocycles. The summed E-state index contributed by atoms with van der Waals surface area (Å²) in [6.07, 6.45) is 0. The van der Waals surface area contributed by atoms with Crippen LogP contribution in [0.4, 0.5) is 0 Å². The molecule has 6 heteroatoms. The Morgan fingerprint density at radius 1 is 1.64 bits per heavy atom. The first-order valence-corrected chi connectivity index (χ1v) is 4.88. The minimum Gasteiger partial charge on any atom is -0.348 e. The summed E-state index contributed by atoms with van der Waals surface area (Å²) in [6.45, 7) is 3.89. The molecule has 0 saturated carbocycles. The van der Waals surface area contributed by atoms with E-state index in [1.54, 1.807) is 0 Å². The standard InChI is InChI=1S/C3H9N.C2H4ClO3P/c1-3(2)4;3-1-2(4)7(5)6/h3H,4H2,1-2H3;2,4H,1H2/p+1. The summed E-state index contributed by atoms with van der Waals surface area (Å²) in [6, 6.07) is 0.333. The molecule has 0 heterocycles. The van der Waals surface area contributed by atoms with E-state index < -0.39 is 13.9 Å². The van der Waals surface area contributed by atoms with Gasteiger partial charge in [-0.2, -0.15) is 4.89 Å². The van der Waals surface area contributed by atoms with Gasteiger partial charge in [0.25, 0.3) is 5.85 Å². The molecule has 0 saturated heterocycles. The van der Waals surface area contributed by atoms with Gasteiger partial charge < -0.3 is 10.8 Å². The number of aliphatic hydroxyl groups is 1. The Morgan fingerprint density at radius 3 is 1.91 bits per heavy atom. The molecule has 0 spiro atoms. The summed E-state index contributed by atoms with van der Waals surface area (Å²) >= 11 is 4.95. The molecule has 0 rings (SSSR count). The van der Waals surface area contributed by atoms with Gasteiger partial charge in [0, 0.05) is 0 Å². The van der Waals surface area contributed by atoms with Gasteiger partial charge in [-0.25, -0.2) is 0 Å². The van der Waals surface area contributed by atoms with Crippen LogP contribution in [0.3, 0.4) is 0 Å². The first kappa shape index (κ1) is 13.8. The van der Waals surface area contributed by atoms with Crippen molar-refractivity contribution in [1.29, 1.82) is 0 Å². The lowest BCUT2D eigenvalue weighted by Gasteiger charge is -1.82. The lowest BCUT2D eigenvalue weighted by Crippen LogP contribution is -2.06. The molecule has 0 aromatic carbocycles. The Balaban J connectivity index is 0. The van der Waals surface area contributed by atoms with E-state index in [0.29, 0.717) is 6.04 Å². The van der Waals surface area contributed by atoms with Gasteiger partial charge in [-0.1, -0.05) is 13.8 Å². The first-order chi connectivity index (χ1) is 4.91. The second-order valence-electron chi connectivity index (χ2n) is 2.18. The Hall–Kier alpha value is 0.270. The number of alkyl halides is 1. The predicted octanol–water partition coefficient (Wildman–Crippen LogP) is 0.632. The predicted molar refractivity (Wildman–Crippen MR) is 45.9 cm³/mol. The smallest absolute Gasteiger partial charge is 0.348 e. The molecule has 2 unspecified atom stereocenters. The molecule has 0 radical (unpaired) electrons. The number of aliphatic hydroxyl groups excluding tert-OH is 1. The van der Waals surface area contributed by atoms with Crippen molar-refractivity contribution in [2.45, 2.75) is 25.7 Å². The van der Waals surface area contributed by atoms with Gasteiger partial charge in [-0.15, -0.1) is 11.6 Å². The molecule has 4 N–H and O–H groups in total. The van der Waals surface area contributed by atoms with Crippen LogP contribution in [-0.2, 0) is 4.57 Å².